The molecule has 0 aliphatic carbocycles. The summed E-state index contributed by atoms with van der Waals surface area (Å²) in [5.74, 6) is 1.82. The quantitative estimate of drug-likeness (QED) is 0.730. The molecule has 2 aliphatic heterocycles. The molecule has 2 heterocycles. The SMILES string of the molecule is COc1cccc(N2CCN(CCCOc3ccc4c(c3)NC(=O)CC4)CC2)c1. The smallest absolute Gasteiger partial charge is 0.224 e. The fraction of sp³-hybridized carbons (Fsp3) is 0.435. The first kappa shape index (κ1) is 19.6. The zero-order valence-corrected chi connectivity index (χ0v) is 17.0. The number of rotatable bonds is 7. The van der Waals surface area contributed by atoms with Crippen LogP contribution in [0.3, 0.4) is 0 Å². The minimum Gasteiger partial charge on any atom is -0.497 e. The molecule has 2 aliphatic rings. The summed E-state index contributed by atoms with van der Waals surface area (Å²) in [7, 11) is 1.71. The van der Waals surface area contributed by atoms with Crippen LogP contribution in [0.4, 0.5) is 11.4 Å². The van der Waals surface area contributed by atoms with E-state index in [0.717, 1.165) is 62.8 Å². The van der Waals surface area contributed by atoms with Gasteiger partial charge in [-0.15, -0.1) is 0 Å². The third kappa shape index (κ3) is 5.01. The number of nitrogens with zero attached hydrogens (tertiary/aromatic N) is 2. The first-order valence-corrected chi connectivity index (χ1v) is 10.4. The van der Waals surface area contributed by atoms with Gasteiger partial charge in [-0.05, 0) is 36.6 Å². The molecular weight excluding hydrogens is 366 g/mol. The van der Waals surface area contributed by atoms with Crippen LogP contribution in [0.15, 0.2) is 42.5 Å². The van der Waals surface area contributed by atoms with E-state index in [4.69, 9.17) is 9.47 Å². The van der Waals surface area contributed by atoms with Crippen molar-refractivity contribution in [3.63, 3.8) is 0 Å². The Labute approximate surface area is 172 Å². The second-order valence-corrected chi connectivity index (χ2v) is 7.60. The lowest BCUT2D eigenvalue weighted by molar-refractivity contribution is -0.116. The average Bonchev–Trinajstić information content (AvgIpc) is 2.77. The van der Waals surface area contributed by atoms with Gasteiger partial charge in [0, 0.05) is 62.7 Å². The van der Waals surface area contributed by atoms with Crippen molar-refractivity contribution in [3.05, 3.63) is 48.0 Å². The Morgan fingerprint density at radius 2 is 1.86 bits per heavy atom. The van der Waals surface area contributed by atoms with Gasteiger partial charge in [-0.2, -0.15) is 0 Å². The number of methoxy groups -OCH3 is 1. The molecule has 0 aromatic heterocycles. The summed E-state index contributed by atoms with van der Waals surface area (Å²) >= 11 is 0. The van der Waals surface area contributed by atoms with Gasteiger partial charge in [0.05, 0.1) is 13.7 Å². The zero-order chi connectivity index (χ0) is 20.1. The van der Waals surface area contributed by atoms with Crippen LogP contribution in [-0.2, 0) is 11.2 Å². The Balaban J connectivity index is 1.18. The van der Waals surface area contributed by atoms with Crippen LogP contribution < -0.4 is 19.7 Å². The van der Waals surface area contributed by atoms with Crippen molar-refractivity contribution in [3.8, 4) is 11.5 Å². The molecule has 1 amide bonds. The number of hydrogen-bond acceptors (Lipinski definition) is 5. The Hall–Kier alpha value is -2.73. The molecule has 0 bridgehead atoms. The maximum absolute atomic E-state index is 11.6. The van der Waals surface area contributed by atoms with Gasteiger partial charge in [-0.3, -0.25) is 9.69 Å². The van der Waals surface area contributed by atoms with Crippen molar-refractivity contribution in [2.24, 2.45) is 0 Å². The van der Waals surface area contributed by atoms with E-state index in [1.807, 2.05) is 24.3 Å². The molecule has 6 nitrogen and oxygen atoms in total. The van der Waals surface area contributed by atoms with Crippen molar-refractivity contribution >= 4 is 17.3 Å². The molecule has 0 saturated carbocycles. The zero-order valence-electron chi connectivity index (χ0n) is 17.0. The van der Waals surface area contributed by atoms with Gasteiger partial charge in [0.15, 0.2) is 0 Å². The van der Waals surface area contributed by atoms with Crippen LogP contribution in [0, 0.1) is 0 Å². The topological polar surface area (TPSA) is 54.0 Å². The van der Waals surface area contributed by atoms with Crippen LogP contribution in [0.25, 0.3) is 0 Å². The second kappa shape index (κ2) is 9.18. The second-order valence-electron chi connectivity index (χ2n) is 7.60. The third-order valence-electron chi connectivity index (χ3n) is 5.65. The van der Waals surface area contributed by atoms with Crippen molar-refractivity contribution < 1.29 is 14.3 Å². The number of amides is 1. The first-order chi connectivity index (χ1) is 14.2. The fourth-order valence-electron chi connectivity index (χ4n) is 3.96. The summed E-state index contributed by atoms with van der Waals surface area (Å²) in [6, 6.07) is 14.3. The molecule has 6 heteroatoms. The lowest BCUT2D eigenvalue weighted by Crippen LogP contribution is -2.46. The number of aryl methyl sites for hydroxylation is 1. The van der Waals surface area contributed by atoms with Crippen LogP contribution in [0.2, 0.25) is 0 Å². The molecule has 0 spiro atoms. The highest BCUT2D eigenvalue weighted by atomic mass is 16.5. The minimum absolute atomic E-state index is 0.0859. The summed E-state index contributed by atoms with van der Waals surface area (Å²) in [6.45, 7) is 5.89. The number of fused-ring (bicyclic) bond motifs is 1. The Morgan fingerprint density at radius 1 is 1.00 bits per heavy atom. The van der Waals surface area contributed by atoms with E-state index >= 15 is 0 Å². The number of nitrogens with one attached hydrogen (secondary N) is 1. The van der Waals surface area contributed by atoms with Crippen molar-refractivity contribution in [2.75, 3.05) is 56.7 Å². The van der Waals surface area contributed by atoms with Crippen LogP contribution in [0.5, 0.6) is 11.5 Å². The van der Waals surface area contributed by atoms with Gasteiger partial charge in [0.2, 0.25) is 5.91 Å². The number of ether oxygens (including phenoxy) is 2. The normalized spacial score (nSPS) is 16.9. The van der Waals surface area contributed by atoms with Gasteiger partial charge < -0.3 is 19.7 Å². The van der Waals surface area contributed by atoms with E-state index in [1.54, 1.807) is 7.11 Å². The molecule has 2 aromatic carbocycles. The predicted octanol–water partition coefficient (Wildman–Crippen LogP) is 3.17. The highest BCUT2D eigenvalue weighted by Gasteiger charge is 2.18. The molecular formula is C23H29N3O3. The summed E-state index contributed by atoms with van der Waals surface area (Å²) in [5, 5.41) is 2.93. The molecule has 0 atom stereocenters. The predicted molar refractivity (Wildman–Crippen MR) is 115 cm³/mol. The standard InChI is InChI=1S/C23H29N3O3/c1-28-20-5-2-4-19(16-20)26-13-11-25(12-14-26)10-3-15-29-21-8-6-18-7-9-23(27)24-22(18)17-21/h2,4-6,8,16-17H,3,7,9-15H2,1H3,(H,24,27). The number of carbonyl (C=O) groups is 1. The van der Waals surface area contributed by atoms with Crippen molar-refractivity contribution in [2.45, 2.75) is 19.3 Å². The van der Waals surface area contributed by atoms with Gasteiger partial charge in [-0.25, -0.2) is 0 Å². The molecule has 1 saturated heterocycles. The molecule has 1 N–H and O–H groups in total. The molecule has 1 fully saturated rings. The fourth-order valence-corrected chi connectivity index (χ4v) is 3.96. The summed E-state index contributed by atoms with van der Waals surface area (Å²) in [5.41, 5.74) is 3.31. The molecule has 4 rings (SSSR count). The van der Waals surface area contributed by atoms with E-state index in [0.29, 0.717) is 13.0 Å². The minimum atomic E-state index is 0.0859. The summed E-state index contributed by atoms with van der Waals surface area (Å²) in [6.07, 6.45) is 2.37. The largest absolute Gasteiger partial charge is 0.497 e. The number of benzene rings is 2. The summed E-state index contributed by atoms with van der Waals surface area (Å²) < 4.78 is 11.2. The van der Waals surface area contributed by atoms with Gasteiger partial charge in [0.25, 0.3) is 0 Å². The van der Waals surface area contributed by atoms with E-state index < -0.39 is 0 Å². The van der Waals surface area contributed by atoms with Gasteiger partial charge in [-0.1, -0.05) is 12.1 Å². The molecule has 0 unspecified atom stereocenters. The van der Waals surface area contributed by atoms with Gasteiger partial charge >= 0.3 is 0 Å². The van der Waals surface area contributed by atoms with E-state index in [9.17, 15) is 4.79 Å². The maximum Gasteiger partial charge on any atom is 0.224 e. The van der Waals surface area contributed by atoms with Crippen LogP contribution in [-0.4, -0.2) is 57.2 Å². The average molecular weight is 396 g/mol. The highest BCUT2D eigenvalue weighted by Crippen LogP contribution is 2.27. The Kier molecular flexibility index (Phi) is 6.20. The Morgan fingerprint density at radius 3 is 2.69 bits per heavy atom. The van der Waals surface area contributed by atoms with E-state index in [1.165, 1.54) is 11.3 Å². The van der Waals surface area contributed by atoms with Crippen molar-refractivity contribution in [1.29, 1.82) is 0 Å². The number of carbonyl (C=O) groups excluding carboxylic acids is 1. The summed E-state index contributed by atoms with van der Waals surface area (Å²) in [4.78, 5) is 16.5. The highest BCUT2D eigenvalue weighted by molar-refractivity contribution is 5.94. The molecule has 2 aromatic rings. The van der Waals surface area contributed by atoms with Crippen molar-refractivity contribution in [1.82, 2.24) is 4.90 Å². The van der Waals surface area contributed by atoms with Gasteiger partial charge in [0.1, 0.15) is 11.5 Å². The first-order valence-electron chi connectivity index (χ1n) is 10.4. The molecule has 29 heavy (non-hydrogen) atoms. The molecule has 154 valence electrons. The number of hydrogen-bond donors (Lipinski definition) is 1. The number of anilines is 2. The van der Waals surface area contributed by atoms with Crippen LogP contribution in [0.1, 0.15) is 18.4 Å². The van der Waals surface area contributed by atoms with Crippen LogP contribution >= 0.6 is 0 Å². The van der Waals surface area contributed by atoms with E-state index in [-0.39, 0.29) is 5.91 Å². The maximum atomic E-state index is 11.6. The number of piperazine rings is 1. The molecule has 0 radical (unpaired) electrons. The lowest BCUT2D eigenvalue weighted by atomic mass is 10.0. The third-order valence-corrected chi connectivity index (χ3v) is 5.65. The lowest BCUT2D eigenvalue weighted by Gasteiger charge is -2.36. The van der Waals surface area contributed by atoms with E-state index in [2.05, 4.69) is 33.3 Å². The monoisotopic (exact) mass is 395 g/mol. The Bertz CT molecular complexity index is 847.